The van der Waals surface area contributed by atoms with E-state index in [4.69, 9.17) is 14.7 Å². The first kappa shape index (κ1) is 21.0. The van der Waals surface area contributed by atoms with Gasteiger partial charge in [-0.25, -0.2) is 8.42 Å². The summed E-state index contributed by atoms with van der Waals surface area (Å²) in [7, 11) is -0.954. The second-order valence-corrected chi connectivity index (χ2v) is 8.30. The van der Waals surface area contributed by atoms with Gasteiger partial charge < -0.3 is 9.47 Å². The first-order valence-electron chi connectivity index (χ1n) is 7.89. The summed E-state index contributed by atoms with van der Waals surface area (Å²) >= 11 is 3.30. The van der Waals surface area contributed by atoms with Gasteiger partial charge in [-0.3, -0.25) is 0 Å². The van der Waals surface area contributed by atoms with Gasteiger partial charge in [0, 0.05) is 23.6 Å². The lowest BCUT2D eigenvalue weighted by molar-refractivity contribution is 0.353. The van der Waals surface area contributed by atoms with E-state index in [0.717, 1.165) is 0 Å². The third-order valence-electron chi connectivity index (χ3n) is 3.80. The predicted molar refractivity (Wildman–Crippen MR) is 106 cm³/mol. The Kier molecular flexibility index (Phi) is 7.02. The van der Waals surface area contributed by atoms with Gasteiger partial charge in [-0.1, -0.05) is 18.2 Å². The first-order chi connectivity index (χ1) is 12.9. The minimum atomic E-state index is -3.87. The fourth-order valence-corrected chi connectivity index (χ4v) is 4.90. The van der Waals surface area contributed by atoms with Crippen LogP contribution in [0.3, 0.4) is 0 Å². The van der Waals surface area contributed by atoms with Crippen molar-refractivity contribution in [1.82, 2.24) is 4.31 Å². The number of nitriles is 1. The lowest BCUT2D eigenvalue weighted by Gasteiger charge is -2.22. The largest absolute Gasteiger partial charge is 0.493 e. The third-order valence-corrected chi connectivity index (χ3v) is 6.57. The highest BCUT2D eigenvalue weighted by Crippen LogP contribution is 2.37. The van der Waals surface area contributed by atoms with Gasteiger partial charge in [0.05, 0.1) is 25.9 Å². The van der Waals surface area contributed by atoms with Crippen LogP contribution in [0.15, 0.2) is 58.4 Å². The molecule has 0 atom stereocenters. The van der Waals surface area contributed by atoms with Gasteiger partial charge in [0.25, 0.3) is 0 Å². The predicted octanol–water partition coefficient (Wildman–Crippen LogP) is 3.71. The Balaban J connectivity index is 2.49. The third kappa shape index (κ3) is 4.69. The van der Waals surface area contributed by atoms with E-state index >= 15 is 0 Å². The highest BCUT2D eigenvalue weighted by atomic mass is 79.9. The molecule has 0 fully saturated rings. The van der Waals surface area contributed by atoms with E-state index in [1.165, 1.54) is 30.7 Å². The molecule has 142 valence electrons. The van der Waals surface area contributed by atoms with Crippen LogP contribution in [-0.2, 0) is 16.6 Å². The van der Waals surface area contributed by atoms with Crippen LogP contribution in [0, 0.1) is 11.3 Å². The summed E-state index contributed by atoms with van der Waals surface area (Å²) in [4.78, 5) is 0.0541. The van der Waals surface area contributed by atoms with E-state index in [1.54, 1.807) is 30.3 Å². The zero-order valence-corrected chi connectivity index (χ0v) is 17.4. The van der Waals surface area contributed by atoms with Crippen molar-refractivity contribution in [2.24, 2.45) is 0 Å². The van der Waals surface area contributed by atoms with Crippen molar-refractivity contribution in [3.05, 3.63) is 64.7 Å². The van der Waals surface area contributed by atoms with E-state index < -0.39 is 10.0 Å². The summed E-state index contributed by atoms with van der Waals surface area (Å²) in [5.74, 6) is 0.727. The molecule has 0 N–H and O–H groups in total. The highest BCUT2D eigenvalue weighted by molar-refractivity contribution is 9.10. The molecule has 2 rings (SSSR count). The summed E-state index contributed by atoms with van der Waals surface area (Å²) in [5.41, 5.74) is 1.17. The maximum atomic E-state index is 13.3. The van der Waals surface area contributed by atoms with Crippen molar-refractivity contribution >= 4 is 26.0 Å². The number of halogens is 1. The average molecular weight is 451 g/mol. The van der Waals surface area contributed by atoms with Crippen LogP contribution in [0.1, 0.15) is 11.1 Å². The molecule has 0 saturated heterocycles. The monoisotopic (exact) mass is 450 g/mol. The van der Waals surface area contributed by atoms with Crippen molar-refractivity contribution < 1.29 is 17.9 Å². The number of hydrogen-bond acceptors (Lipinski definition) is 5. The number of rotatable bonds is 8. The van der Waals surface area contributed by atoms with E-state index in [9.17, 15) is 8.42 Å². The summed E-state index contributed by atoms with van der Waals surface area (Å²) in [6.07, 6.45) is 1.51. The van der Waals surface area contributed by atoms with Gasteiger partial charge in [-0.15, -0.1) is 6.58 Å². The normalized spacial score (nSPS) is 11.1. The van der Waals surface area contributed by atoms with Gasteiger partial charge >= 0.3 is 0 Å². The second-order valence-electron chi connectivity index (χ2n) is 5.54. The van der Waals surface area contributed by atoms with Crippen LogP contribution < -0.4 is 9.47 Å². The fourth-order valence-electron chi connectivity index (χ4n) is 2.51. The van der Waals surface area contributed by atoms with Crippen LogP contribution >= 0.6 is 15.9 Å². The zero-order valence-electron chi connectivity index (χ0n) is 15.0. The van der Waals surface area contributed by atoms with Crippen LogP contribution in [0.5, 0.6) is 11.5 Å². The standard InChI is InChI=1S/C19H19BrN2O4S/c1-4-8-22(13-15-7-5-6-14(9-15)12-21)27(23,24)19-11-18(26-3)17(25-2)10-16(19)20/h4-7,9-11H,1,8,13H2,2-3H3. The molecule has 0 aliphatic rings. The Morgan fingerprint density at radius 1 is 1.22 bits per heavy atom. The molecule has 2 aromatic rings. The maximum Gasteiger partial charge on any atom is 0.244 e. The molecular formula is C19H19BrN2O4S. The maximum absolute atomic E-state index is 13.3. The van der Waals surface area contributed by atoms with Crippen LogP contribution in [-0.4, -0.2) is 33.5 Å². The van der Waals surface area contributed by atoms with E-state index in [-0.39, 0.29) is 18.0 Å². The minimum absolute atomic E-state index is 0.0541. The second kappa shape index (κ2) is 9.04. The molecule has 6 nitrogen and oxygen atoms in total. The summed E-state index contributed by atoms with van der Waals surface area (Å²) in [6, 6.07) is 11.8. The molecule has 0 saturated carbocycles. The van der Waals surface area contributed by atoms with Crippen LogP contribution in [0.4, 0.5) is 0 Å². The molecule has 27 heavy (non-hydrogen) atoms. The van der Waals surface area contributed by atoms with Crippen molar-refractivity contribution in [2.75, 3.05) is 20.8 Å². The van der Waals surface area contributed by atoms with Crippen LogP contribution in [0.25, 0.3) is 0 Å². The smallest absolute Gasteiger partial charge is 0.244 e. The first-order valence-corrected chi connectivity index (χ1v) is 10.1. The number of sulfonamides is 1. The molecule has 0 bridgehead atoms. The Hall–Kier alpha value is -2.34. The molecule has 8 heteroatoms. The number of benzene rings is 2. The summed E-state index contributed by atoms with van der Waals surface area (Å²) in [6.45, 7) is 3.86. The molecule has 2 aromatic carbocycles. The van der Waals surface area contributed by atoms with E-state index in [1.807, 2.05) is 0 Å². The Labute approximate surface area is 167 Å². The molecule has 0 spiro atoms. The molecule has 0 aliphatic carbocycles. The molecule has 0 aliphatic heterocycles. The summed E-state index contributed by atoms with van der Waals surface area (Å²) < 4.78 is 38.6. The van der Waals surface area contributed by atoms with Crippen molar-refractivity contribution in [2.45, 2.75) is 11.4 Å². The van der Waals surface area contributed by atoms with Crippen molar-refractivity contribution in [1.29, 1.82) is 5.26 Å². The van der Waals surface area contributed by atoms with Gasteiger partial charge in [0.2, 0.25) is 10.0 Å². The van der Waals surface area contributed by atoms with Crippen LogP contribution in [0.2, 0.25) is 0 Å². The number of nitrogens with zero attached hydrogens (tertiary/aromatic N) is 2. The fraction of sp³-hybridized carbons (Fsp3) is 0.211. The lowest BCUT2D eigenvalue weighted by atomic mass is 10.1. The SMILES string of the molecule is C=CCN(Cc1cccc(C#N)c1)S(=O)(=O)c1cc(OC)c(OC)cc1Br. The molecule has 0 heterocycles. The number of hydrogen-bond donors (Lipinski definition) is 0. The number of ether oxygens (including phenoxy) is 2. The van der Waals surface area contributed by atoms with Gasteiger partial charge in [-0.2, -0.15) is 9.57 Å². The topological polar surface area (TPSA) is 79.6 Å². The average Bonchev–Trinajstić information content (AvgIpc) is 2.67. The van der Waals surface area contributed by atoms with Gasteiger partial charge in [-0.05, 0) is 39.7 Å². The molecule has 0 radical (unpaired) electrons. The molecular weight excluding hydrogens is 432 g/mol. The van der Waals surface area contributed by atoms with Gasteiger partial charge in [0.1, 0.15) is 4.90 Å². The van der Waals surface area contributed by atoms with Gasteiger partial charge in [0.15, 0.2) is 11.5 Å². The Bertz CT molecular complexity index is 984. The molecule has 0 unspecified atom stereocenters. The van der Waals surface area contributed by atoms with E-state index in [0.29, 0.717) is 27.1 Å². The summed E-state index contributed by atoms with van der Waals surface area (Å²) in [5, 5.41) is 9.05. The molecule has 0 aromatic heterocycles. The Morgan fingerprint density at radius 2 is 1.89 bits per heavy atom. The lowest BCUT2D eigenvalue weighted by Crippen LogP contribution is -2.31. The number of methoxy groups -OCH3 is 2. The molecule has 0 amide bonds. The Morgan fingerprint density at radius 3 is 2.48 bits per heavy atom. The van der Waals surface area contributed by atoms with E-state index in [2.05, 4.69) is 28.6 Å². The highest BCUT2D eigenvalue weighted by Gasteiger charge is 2.28. The van der Waals surface area contributed by atoms with Crippen molar-refractivity contribution in [3.63, 3.8) is 0 Å². The minimum Gasteiger partial charge on any atom is -0.493 e. The quantitative estimate of drug-likeness (QED) is 0.572. The van der Waals surface area contributed by atoms with Crippen molar-refractivity contribution in [3.8, 4) is 17.6 Å². The zero-order chi connectivity index (χ0) is 20.0.